The lowest BCUT2D eigenvalue weighted by Gasteiger charge is -2.33. The van der Waals surface area contributed by atoms with Crippen molar-refractivity contribution in [2.24, 2.45) is 7.05 Å². The Bertz CT molecular complexity index is 1470. The number of nitrogens with zero attached hydrogens (tertiary/aromatic N) is 5. The summed E-state index contributed by atoms with van der Waals surface area (Å²) >= 11 is 0. The highest BCUT2D eigenvalue weighted by Gasteiger charge is 2.32. The molecule has 4 heterocycles. The van der Waals surface area contributed by atoms with Crippen LogP contribution in [0.2, 0.25) is 0 Å². The molecule has 0 aliphatic carbocycles. The molecule has 39 heavy (non-hydrogen) atoms. The fourth-order valence-corrected chi connectivity index (χ4v) is 4.85. The number of likely N-dealkylation sites (tertiary alicyclic amines) is 1. The number of aromatic nitrogens is 4. The van der Waals surface area contributed by atoms with E-state index in [2.05, 4.69) is 20.8 Å². The fourth-order valence-electron chi connectivity index (χ4n) is 4.85. The summed E-state index contributed by atoms with van der Waals surface area (Å²) in [6.45, 7) is 1.48. The zero-order valence-corrected chi connectivity index (χ0v) is 21.7. The number of nitrogens with one attached hydrogen (secondary N) is 2. The summed E-state index contributed by atoms with van der Waals surface area (Å²) < 4.78 is 63.6. The van der Waals surface area contributed by atoms with Crippen LogP contribution in [0.4, 0.5) is 23.2 Å². The van der Waals surface area contributed by atoms with Crippen LogP contribution in [-0.4, -0.2) is 68.6 Å². The van der Waals surface area contributed by atoms with E-state index in [4.69, 9.17) is 4.52 Å². The summed E-state index contributed by atoms with van der Waals surface area (Å²) in [7, 11) is 3.67. The van der Waals surface area contributed by atoms with Gasteiger partial charge in [0.25, 0.3) is 5.91 Å². The first kappa shape index (κ1) is 26.7. The van der Waals surface area contributed by atoms with E-state index >= 15 is 0 Å². The minimum absolute atomic E-state index is 0.0414. The number of carbonyl (C=O) groups excluding carboxylic acids is 1. The molecule has 5 rings (SSSR count). The number of hydrogen-bond donors (Lipinski definition) is 2. The molecule has 9 nitrogen and oxygen atoms in total. The largest absolute Gasteiger partial charge is 0.406 e. The molecule has 3 aromatic heterocycles. The molecule has 0 unspecified atom stereocenters. The Morgan fingerprint density at radius 3 is 2.72 bits per heavy atom. The van der Waals surface area contributed by atoms with Gasteiger partial charge < -0.3 is 29.2 Å². The van der Waals surface area contributed by atoms with Crippen molar-refractivity contribution in [1.29, 1.82) is 0 Å². The number of anilines is 1. The Balaban J connectivity index is 1.43. The molecule has 208 valence electrons. The summed E-state index contributed by atoms with van der Waals surface area (Å²) in [5.74, 6) is -0.357. The van der Waals surface area contributed by atoms with Crippen molar-refractivity contribution in [2.75, 3.05) is 25.5 Å². The molecule has 0 saturated carbocycles. The van der Waals surface area contributed by atoms with E-state index in [1.807, 2.05) is 30.5 Å². The Morgan fingerprint density at radius 2 is 2.03 bits per heavy atom. The molecule has 0 spiro atoms. The van der Waals surface area contributed by atoms with Gasteiger partial charge in [0.1, 0.15) is 12.7 Å². The lowest BCUT2D eigenvalue weighted by Crippen LogP contribution is -2.46. The monoisotopic (exact) mass is 547 g/mol. The summed E-state index contributed by atoms with van der Waals surface area (Å²) in [6.07, 6.45) is -3.39. The van der Waals surface area contributed by atoms with Crippen LogP contribution in [0.15, 0.2) is 41.1 Å². The first-order valence-corrected chi connectivity index (χ1v) is 12.5. The molecule has 1 aliphatic rings. The number of alkyl halides is 4. The van der Waals surface area contributed by atoms with Gasteiger partial charge in [0.2, 0.25) is 11.7 Å². The summed E-state index contributed by atoms with van der Waals surface area (Å²) in [5, 5.41) is 10.3. The average molecular weight is 548 g/mol. The maximum Gasteiger partial charge on any atom is 0.406 e. The molecule has 13 heteroatoms. The van der Waals surface area contributed by atoms with Gasteiger partial charge in [-0.05, 0) is 44.7 Å². The lowest BCUT2D eigenvalue weighted by molar-refractivity contribution is -0.139. The maximum absolute atomic E-state index is 14.7. The molecule has 2 N–H and O–H groups in total. The predicted octanol–water partition coefficient (Wildman–Crippen LogP) is 4.28. The van der Waals surface area contributed by atoms with Crippen LogP contribution >= 0.6 is 0 Å². The summed E-state index contributed by atoms with van der Waals surface area (Å²) in [4.78, 5) is 18.6. The van der Waals surface area contributed by atoms with E-state index in [0.29, 0.717) is 35.1 Å². The number of hydrogen-bond acceptors (Lipinski definition) is 6. The smallest absolute Gasteiger partial charge is 0.379 e. The molecule has 0 radical (unpaired) electrons. The van der Waals surface area contributed by atoms with Crippen LogP contribution < -0.4 is 10.6 Å². The number of benzene rings is 1. The maximum atomic E-state index is 14.7. The minimum atomic E-state index is -4.52. The van der Waals surface area contributed by atoms with Crippen molar-refractivity contribution in [1.82, 2.24) is 29.5 Å². The Hall–Kier alpha value is -3.87. The van der Waals surface area contributed by atoms with Crippen LogP contribution in [0, 0.1) is 6.92 Å². The van der Waals surface area contributed by atoms with Gasteiger partial charge in [-0.1, -0.05) is 11.2 Å². The molecular weight excluding hydrogens is 518 g/mol. The van der Waals surface area contributed by atoms with Gasteiger partial charge in [-0.15, -0.1) is 0 Å². The molecule has 1 saturated heterocycles. The molecule has 2 atom stereocenters. The van der Waals surface area contributed by atoms with Crippen LogP contribution in [0.3, 0.4) is 0 Å². The molecule has 1 amide bonds. The highest BCUT2D eigenvalue weighted by atomic mass is 19.4. The van der Waals surface area contributed by atoms with Crippen LogP contribution in [-0.2, 0) is 20.1 Å². The zero-order chi connectivity index (χ0) is 27.9. The van der Waals surface area contributed by atoms with E-state index in [1.54, 1.807) is 36.5 Å². The fraction of sp³-hybridized carbons (Fsp3) is 0.423. The van der Waals surface area contributed by atoms with Crippen molar-refractivity contribution >= 4 is 22.5 Å². The number of carbonyl (C=O) groups is 1. The van der Waals surface area contributed by atoms with Gasteiger partial charge >= 0.3 is 6.18 Å². The van der Waals surface area contributed by atoms with E-state index < -0.39 is 24.9 Å². The second-order valence-electron chi connectivity index (χ2n) is 9.96. The molecule has 1 aliphatic heterocycles. The van der Waals surface area contributed by atoms with Gasteiger partial charge in [-0.2, -0.15) is 18.2 Å². The first-order valence-electron chi connectivity index (χ1n) is 12.5. The molecule has 1 aromatic carbocycles. The van der Waals surface area contributed by atoms with Crippen molar-refractivity contribution in [2.45, 2.75) is 44.8 Å². The summed E-state index contributed by atoms with van der Waals surface area (Å²) in [6, 6.07) is 7.73. The van der Waals surface area contributed by atoms with Gasteiger partial charge in [0, 0.05) is 43.1 Å². The third-order valence-electron chi connectivity index (χ3n) is 6.98. The average Bonchev–Trinajstić information content (AvgIpc) is 3.57. The Labute approximate surface area is 221 Å². The second-order valence-corrected chi connectivity index (χ2v) is 9.96. The lowest BCUT2D eigenvalue weighted by atomic mass is 10.0. The van der Waals surface area contributed by atoms with E-state index in [-0.39, 0.29) is 36.4 Å². The Morgan fingerprint density at radius 1 is 1.23 bits per heavy atom. The van der Waals surface area contributed by atoms with Crippen molar-refractivity contribution < 1.29 is 26.9 Å². The summed E-state index contributed by atoms with van der Waals surface area (Å²) in [5.41, 5.74) is 2.29. The highest BCUT2D eigenvalue weighted by Crippen LogP contribution is 2.35. The third kappa shape index (κ3) is 5.77. The molecule has 0 bridgehead atoms. The minimum Gasteiger partial charge on any atom is -0.379 e. The number of fused-ring (bicyclic) bond motifs is 1. The number of aryl methyl sites for hydroxylation is 2. The normalized spacial score (nSPS) is 18.5. The number of amides is 1. The number of piperidine rings is 1. The van der Waals surface area contributed by atoms with Crippen LogP contribution in [0.25, 0.3) is 22.4 Å². The Kier molecular flexibility index (Phi) is 7.10. The molecule has 1 fully saturated rings. The molecular formula is C26H29F4N7O2. The second kappa shape index (κ2) is 10.4. The number of halogens is 4. The predicted molar refractivity (Wildman–Crippen MR) is 137 cm³/mol. The SMILES string of the molecule is Cc1cc(C(=O)NCc2nc(-c3cc4c(N[C@@H]5CCN(C)C[C@@H]5F)cccc4n3CC(F)(F)F)no2)cn1C. The van der Waals surface area contributed by atoms with Gasteiger partial charge in [-0.25, -0.2) is 4.39 Å². The van der Waals surface area contributed by atoms with Gasteiger partial charge in [0.15, 0.2) is 0 Å². The van der Waals surface area contributed by atoms with Gasteiger partial charge in [0.05, 0.1) is 29.4 Å². The number of rotatable bonds is 7. The van der Waals surface area contributed by atoms with Crippen LogP contribution in [0.1, 0.15) is 28.4 Å². The highest BCUT2D eigenvalue weighted by molar-refractivity contribution is 5.96. The van der Waals surface area contributed by atoms with E-state index in [1.165, 1.54) is 0 Å². The quantitative estimate of drug-likeness (QED) is 0.336. The zero-order valence-electron chi connectivity index (χ0n) is 21.7. The van der Waals surface area contributed by atoms with Gasteiger partial charge in [-0.3, -0.25) is 4.79 Å². The van der Waals surface area contributed by atoms with Crippen molar-refractivity contribution in [3.63, 3.8) is 0 Å². The first-order chi connectivity index (χ1) is 18.5. The van der Waals surface area contributed by atoms with Crippen LogP contribution in [0.5, 0.6) is 0 Å². The van der Waals surface area contributed by atoms with Crippen molar-refractivity contribution in [3.8, 4) is 11.5 Å². The van der Waals surface area contributed by atoms with E-state index in [0.717, 1.165) is 10.3 Å². The standard InChI is InChI=1S/C26H29F4N7O2/c1-15-9-16(12-36(15)3)25(38)31-11-23-33-24(34-39-23)22-10-17-19(32-20-7-8-35(2)13-18(20)27)5-4-6-21(17)37(22)14-26(28,29)30/h4-6,9-10,12,18,20,32H,7-8,11,13-14H2,1-3H3,(H,31,38)/t18-,20+/m0/s1. The molecule has 4 aromatic rings. The van der Waals surface area contributed by atoms with E-state index in [9.17, 15) is 22.4 Å². The third-order valence-corrected chi connectivity index (χ3v) is 6.98. The topological polar surface area (TPSA) is 93.2 Å². The van der Waals surface area contributed by atoms with Crippen molar-refractivity contribution in [3.05, 3.63) is 53.7 Å².